The molecule has 2 aromatic rings. The van der Waals surface area contributed by atoms with Crippen LogP contribution in [0, 0.1) is 0 Å². The Labute approximate surface area is 148 Å². The zero-order valence-corrected chi connectivity index (χ0v) is 14.3. The van der Waals surface area contributed by atoms with Gasteiger partial charge >= 0.3 is 17.1 Å². The van der Waals surface area contributed by atoms with E-state index in [-0.39, 0.29) is 22.8 Å². The van der Waals surface area contributed by atoms with E-state index in [1.165, 1.54) is 0 Å². The zero-order valence-electron chi connectivity index (χ0n) is 13.2. The van der Waals surface area contributed by atoms with Gasteiger partial charge < -0.3 is 10.2 Å². The summed E-state index contributed by atoms with van der Waals surface area (Å²) in [6.07, 6.45) is 7.33. The average molecular weight is 348 g/mol. The number of rotatable bonds is 2. The van der Waals surface area contributed by atoms with Gasteiger partial charge in [-0.3, -0.25) is 0 Å². The molecular weight excluding hydrogens is 328 g/mol. The first kappa shape index (κ1) is 19.1. The van der Waals surface area contributed by atoms with Gasteiger partial charge in [0.1, 0.15) is 0 Å². The molecule has 0 saturated carbocycles. The van der Waals surface area contributed by atoms with E-state index < -0.39 is 5.60 Å². The molecule has 3 rings (SSSR count). The second-order valence-electron chi connectivity index (χ2n) is 5.34. The van der Waals surface area contributed by atoms with E-state index in [0.29, 0.717) is 0 Å². The summed E-state index contributed by atoms with van der Waals surface area (Å²) in [5.41, 5.74) is 1.77. The van der Waals surface area contributed by atoms with Crippen LogP contribution in [0.2, 0.25) is 0 Å². The minimum Gasteiger partial charge on any atom is -0.875 e. The Morgan fingerprint density at radius 2 is 1.65 bits per heavy atom. The van der Waals surface area contributed by atoms with Crippen molar-refractivity contribution in [2.75, 3.05) is 0 Å². The molecule has 0 aliphatic heterocycles. The fourth-order valence-corrected chi connectivity index (χ4v) is 2.24. The Balaban J connectivity index is 0.000000253. The molecule has 0 saturated heterocycles. The van der Waals surface area contributed by atoms with Crippen LogP contribution in [0.1, 0.15) is 25.0 Å². The van der Waals surface area contributed by atoms with Gasteiger partial charge in [-0.1, -0.05) is 61.6 Å². The molecule has 0 aromatic heterocycles. The third kappa shape index (κ3) is 5.04. The van der Waals surface area contributed by atoms with Crippen molar-refractivity contribution in [1.29, 1.82) is 0 Å². The molecule has 2 aromatic carbocycles. The van der Waals surface area contributed by atoms with E-state index >= 15 is 0 Å². The van der Waals surface area contributed by atoms with E-state index in [4.69, 9.17) is 0 Å². The monoisotopic (exact) mass is 348 g/mol. The second kappa shape index (κ2) is 8.64. The average Bonchev–Trinajstić information content (AvgIpc) is 3.22. The summed E-state index contributed by atoms with van der Waals surface area (Å²) in [7, 11) is 0. The minimum atomic E-state index is -0.884. The first-order chi connectivity index (χ1) is 10.5. The van der Waals surface area contributed by atoms with Gasteiger partial charge in [-0.25, -0.2) is 12.1 Å². The number of benzene rings is 1. The third-order valence-electron chi connectivity index (χ3n) is 3.63. The number of hydrogen-bond donors (Lipinski definition) is 1. The molecule has 120 valence electrons. The normalized spacial score (nSPS) is 14.5. The summed E-state index contributed by atoms with van der Waals surface area (Å²) >= 11 is 0. The van der Waals surface area contributed by atoms with Gasteiger partial charge in [-0.2, -0.15) is 12.1 Å². The quantitative estimate of drug-likeness (QED) is 0.514. The first-order valence-electron chi connectivity index (χ1n) is 7.24. The number of aliphatic hydroxyl groups is 1. The summed E-state index contributed by atoms with van der Waals surface area (Å²) in [6, 6.07) is 17.4. The first-order valence-corrected chi connectivity index (χ1v) is 7.24. The van der Waals surface area contributed by atoms with Gasteiger partial charge in [0.25, 0.3) is 0 Å². The largest absolute Gasteiger partial charge is 2.00 e. The maximum Gasteiger partial charge on any atom is 2.00 e. The van der Waals surface area contributed by atoms with Crippen LogP contribution in [0.3, 0.4) is 0 Å². The van der Waals surface area contributed by atoms with Crippen molar-refractivity contribution in [2.24, 2.45) is 0 Å². The zero-order chi connectivity index (χ0) is 16.0. The maximum atomic E-state index is 10.5. The third-order valence-corrected chi connectivity index (χ3v) is 3.63. The van der Waals surface area contributed by atoms with Crippen molar-refractivity contribution >= 4 is 0 Å². The van der Waals surface area contributed by atoms with Crippen LogP contribution < -0.4 is 5.11 Å². The topological polar surface area (TPSA) is 43.3 Å². The van der Waals surface area contributed by atoms with Gasteiger partial charge in [0.05, 0.1) is 5.60 Å². The standard InChI is InChI=1S/C13H13O.C7H8O.Fe/c1-13(14,12-9-5-6-10-12)11-7-3-2-4-8-11;1-6(8)7-4-2-3-5-7;/h2-10,14H,1H3;2-5,8H,1H3;/q-1;;+2/p-1. The van der Waals surface area contributed by atoms with Crippen molar-refractivity contribution in [3.63, 3.8) is 0 Å². The molecule has 1 aliphatic rings. The minimum absolute atomic E-state index is 0. The van der Waals surface area contributed by atoms with Gasteiger partial charge in [0, 0.05) is 0 Å². The van der Waals surface area contributed by atoms with Crippen molar-refractivity contribution in [3.8, 4) is 0 Å². The fraction of sp³-hybridized carbons (Fsp3) is 0.150. The van der Waals surface area contributed by atoms with Crippen LogP contribution in [0.15, 0.2) is 90.2 Å². The van der Waals surface area contributed by atoms with E-state index in [2.05, 4.69) is 0 Å². The maximum absolute atomic E-state index is 10.5. The van der Waals surface area contributed by atoms with E-state index in [9.17, 15) is 10.2 Å². The van der Waals surface area contributed by atoms with Crippen LogP contribution in [0.5, 0.6) is 0 Å². The molecular formula is C20H20FeO2. The Kier molecular flexibility index (Phi) is 7.18. The smallest absolute Gasteiger partial charge is 0.875 e. The van der Waals surface area contributed by atoms with Crippen molar-refractivity contribution in [1.82, 2.24) is 0 Å². The Morgan fingerprint density at radius 1 is 1.04 bits per heavy atom. The van der Waals surface area contributed by atoms with Crippen molar-refractivity contribution < 1.29 is 27.3 Å². The van der Waals surface area contributed by atoms with Gasteiger partial charge in [0.2, 0.25) is 0 Å². The SMILES string of the molecule is CC(O)(c1ccccc1)c1ccc[cH-]1.CC([O-])=C1C=CC=C1.[Fe+2]. The second-order valence-corrected chi connectivity index (χ2v) is 5.34. The molecule has 3 heteroatoms. The molecule has 0 radical (unpaired) electrons. The van der Waals surface area contributed by atoms with Crippen LogP contribution in [-0.4, -0.2) is 5.11 Å². The van der Waals surface area contributed by atoms with E-state index in [1.807, 2.05) is 85.8 Å². The summed E-state index contributed by atoms with van der Waals surface area (Å²) in [5, 5.41) is 20.9. The number of hydrogen-bond acceptors (Lipinski definition) is 2. The van der Waals surface area contributed by atoms with Gasteiger partial charge in [-0.15, -0.1) is 11.3 Å². The number of allylic oxidation sites excluding steroid dienone is 6. The molecule has 0 spiro atoms. The summed E-state index contributed by atoms with van der Waals surface area (Å²) < 4.78 is 0. The van der Waals surface area contributed by atoms with Crippen LogP contribution >= 0.6 is 0 Å². The summed E-state index contributed by atoms with van der Waals surface area (Å²) in [4.78, 5) is 0. The summed E-state index contributed by atoms with van der Waals surface area (Å²) in [5.74, 6) is 0.134. The fourth-order valence-electron chi connectivity index (χ4n) is 2.24. The molecule has 0 heterocycles. The molecule has 1 unspecified atom stereocenters. The Hall–Kier alpha value is -1.93. The van der Waals surface area contributed by atoms with Crippen LogP contribution in [0.4, 0.5) is 0 Å². The molecule has 1 atom stereocenters. The van der Waals surface area contributed by atoms with Crippen molar-refractivity contribution in [3.05, 3.63) is 101 Å². The predicted molar refractivity (Wildman–Crippen MR) is 88.1 cm³/mol. The van der Waals surface area contributed by atoms with Crippen molar-refractivity contribution in [2.45, 2.75) is 19.4 Å². The molecule has 1 N–H and O–H groups in total. The Morgan fingerprint density at radius 3 is 2.09 bits per heavy atom. The molecule has 0 bridgehead atoms. The summed E-state index contributed by atoms with van der Waals surface area (Å²) in [6.45, 7) is 3.38. The van der Waals surface area contributed by atoms with Gasteiger partial charge in [0.15, 0.2) is 0 Å². The predicted octanol–water partition coefficient (Wildman–Crippen LogP) is 3.41. The molecule has 1 aliphatic carbocycles. The molecule has 0 fully saturated rings. The van der Waals surface area contributed by atoms with Crippen LogP contribution in [-0.2, 0) is 22.7 Å². The molecule has 23 heavy (non-hydrogen) atoms. The molecule has 2 nitrogen and oxygen atoms in total. The van der Waals surface area contributed by atoms with E-state index in [0.717, 1.165) is 16.7 Å². The molecule has 0 amide bonds. The van der Waals surface area contributed by atoms with Gasteiger partial charge in [-0.05, 0) is 18.1 Å². The van der Waals surface area contributed by atoms with Crippen LogP contribution in [0.25, 0.3) is 0 Å². The Bertz CT molecular complexity index is 660. The van der Waals surface area contributed by atoms with E-state index in [1.54, 1.807) is 6.92 Å².